The Kier molecular flexibility index (Phi) is 6.44. The first-order valence-electron chi connectivity index (χ1n) is 8.89. The van der Waals surface area contributed by atoms with Crippen molar-refractivity contribution in [1.82, 2.24) is 0 Å². The largest absolute Gasteiger partial charge is 0.481 e. The normalized spacial score (nSPS) is 14.6. The fourth-order valence-corrected chi connectivity index (χ4v) is 3.46. The highest BCUT2D eigenvalue weighted by Crippen LogP contribution is 2.39. The van der Waals surface area contributed by atoms with Crippen LogP contribution in [0.1, 0.15) is 82.6 Å². The number of hydrogen-bond donors (Lipinski definition) is 2. The van der Waals surface area contributed by atoms with Gasteiger partial charge in [0.2, 0.25) is 0 Å². The molecule has 0 aromatic heterocycles. The molecule has 0 saturated carbocycles. The van der Waals surface area contributed by atoms with Crippen LogP contribution in [0.25, 0.3) is 0 Å². The van der Waals surface area contributed by atoms with Gasteiger partial charge in [0.1, 0.15) is 0 Å². The van der Waals surface area contributed by atoms with Crippen LogP contribution in [0.3, 0.4) is 0 Å². The van der Waals surface area contributed by atoms with Gasteiger partial charge in [0, 0.05) is 0 Å². The highest BCUT2D eigenvalue weighted by Gasteiger charge is 2.35. The number of carboxylic acid groups (broad SMARTS) is 2. The maximum atomic E-state index is 12.0. The molecule has 2 unspecified atom stereocenters. The first-order chi connectivity index (χ1) is 11.3. The van der Waals surface area contributed by atoms with E-state index in [0.717, 1.165) is 11.1 Å². The van der Waals surface area contributed by atoms with E-state index in [-0.39, 0.29) is 17.3 Å². The van der Waals surface area contributed by atoms with Crippen molar-refractivity contribution in [2.45, 2.75) is 72.6 Å². The Morgan fingerprint density at radius 1 is 0.880 bits per heavy atom. The van der Waals surface area contributed by atoms with Crippen LogP contribution in [-0.2, 0) is 15.0 Å². The van der Waals surface area contributed by atoms with E-state index in [1.165, 1.54) is 0 Å². The second-order valence-corrected chi connectivity index (χ2v) is 8.67. The van der Waals surface area contributed by atoms with E-state index < -0.39 is 23.8 Å². The van der Waals surface area contributed by atoms with Gasteiger partial charge < -0.3 is 10.2 Å². The van der Waals surface area contributed by atoms with E-state index in [4.69, 9.17) is 0 Å². The average Bonchev–Trinajstić information content (AvgIpc) is 2.38. The van der Waals surface area contributed by atoms with Gasteiger partial charge >= 0.3 is 11.9 Å². The Balaban J connectivity index is 3.87. The van der Waals surface area contributed by atoms with Crippen molar-refractivity contribution in [3.05, 3.63) is 34.4 Å². The Bertz CT molecular complexity index is 651. The molecule has 0 heterocycles. The molecule has 1 aromatic carbocycles. The van der Waals surface area contributed by atoms with E-state index in [0.29, 0.717) is 11.1 Å². The summed E-state index contributed by atoms with van der Waals surface area (Å²) < 4.78 is 0. The summed E-state index contributed by atoms with van der Waals surface area (Å²) in [6.07, 6.45) is 0. The van der Waals surface area contributed by atoms with Gasteiger partial charge in [-0.2, -0.15) is 0 Å². The standard InChI is InChI=1S/C21H32O4/c1-11(2)16(19(22)23)15-10-14(21(6,7)8)9-13(5)18(15)17(12(3)4)20(24)25/h9-12,16-17H,1-8H3,(H,22,23)(H,24,25). The lowest BCUT2D eigenvalue weighted by Crippen LogP contribution is -2.26. The number of rotatable bonds is 6. The Morgan fingerprint density at radius 3 is 1.64 bits per heavy atom. The second kappa shape index (κ2) is 7.59. The smallest absolute Gasteiger partial charge is 0.311 e. The summed E-state index contributed by atoms with van der Waals surface area (Å²) in [5, 5.41) is 19.6. The van der Waals surface area contributed by atoms with Gasteiger partial charge in [-0.25, -0.2) is 0 Å². The summed E-state index contributed by atoms with van der Waals surface area (Å²) >= 11 is 0. The third-order valence-electron chi connectivity index (χ3n) is 4.80. The van der Waals surface area contributed by atoms with Gasteiger partial charge in [-0.1, -0.05) is 60.6 Å². The third kappa shape index (κ3) is 4.62. The molecule has 2 atom stereocenters. The zero-order valence-corrected chi connectivity index (χ0v) is 16.7. The molecule has 0 radical (unpaired) electrons. The number of carboxylic acids is 2. The lowest BCUT2D eigenvalue weighted by Gasteiger charge is -2.30. The van der Waals surface area contributed by atoms with Crippen LogP contribution in [0.5, 0.6) is 0 Å². The third-order valence-corrected chi connectivity index (χ3v) is 4.80. The molecule has 1 rings (SSSR count). The lowest BCUT2D eigenvalue weighted by atomic mass is 9.73. The molecule has 140 valence electrons. The zero-order valence-electron chi connectivity index (χ0n) is 16.7. The van der Waals surface area contributed by atoms with Crippen LogP contribution in [0.2, 0.25) is 0 Å². The highest BCUT2D eigenvalue weighted by atomic mass is 16.4. The molecule has 0 amide bonds. The van der Waals surface area contributed by atoms with Crippen molar-refractivity contribution in [1.29, 1.82) is 0 Å². The molecule has 0 aliphatic carbocycles. The maximum absolute atomic E-state index is 12.0. The highest BCUT2D eigenvalue weighted by molar-refractivity contribution is 5.82. The summed E-state index contributed by atoms with van der Waals surface area (Å²) in [6, 6.07) is 3.93. The van der Waals surface area contributed by atoms with Crippen molar-refractivity contribution in [3.63, 3.8) is 0 Å². The molecule has 25 heavy (non-hydrogen) atoms. The number of benzene rings is 1. The molecule has 0 bridgehead atoms. The van der Waals surface area contributed by atoms with Crippen molar-refractivity contribution in [2.24, 2.45) is 11.8 Å². The minimum atomic E-state index is -0.908. The van der Waals surface area contributed by atoms with Crippen molar-refractivity contribution < 1.29 is 19.8 Å². The number of aryl methyl sites for hydroxylation is 1. The predicted molar refractivity (Wildman–Crippen MR) is 100 cm³/mol. The molecule has 0 saturated heterocycles. The van der Waals surface area contributed by atoms with Crippen LogP contribution >= 0.6 is 0 Å². The molecule has 1 aromatic rings. The Labute approximate surface area is 151 Å². The molecule has 4 nitrogen and oxygen atoms in total. The first-order valence-corrected chi connectivity index (χ1v) is 8.89. The molecule has 0 aliphatic rings. The summed E-state index contributed by atoms with van der Waals surface area (Å²) in [5.41, 5.74) is 3.05. The maximum Gasteiger partial charge on any atom is 0.311 e. The van der Waals surface area contributed by atoms with Crippen LogP contribution in [0, 0.1) is 18.8 Å². The van der Waals surface area contributed by atoms with E-state index in [2.05, 4.69) is 20.8 Å². The summed E-state index contributed by atoms with van der Waals surface area (Å²) in [4.78, 5) is 23.9. The fourth-order valence-electron chi connectivity index (χ4n) is 3.46. The molecule has 2 N–H and O–H groups in total. The van der Waals surface area contributed by atoms with Crippen molar-refractivity contribution in [2.75, 3.05) is 0 Å². The van der Waals surface area contributed by atoms with Gasteiger partial charge in [-0.3, -0.25) is 9.59 Å². The first kappa shape index (κ1) is 21.2. The zero-order chi connectivity index (χ0) is 19.7. The van der Waals surface area contributed by atoms with Gasteiger partial charge in [-0.05, 0) is 46.4 Å². The predicted octanol–water partition coefficient (Wildman–Crippen LogP) is 4.94. The van der Waals surface area contributed by atoms with Crippen molar-refractivity contribution in [3.8, 4) is 0 Å². The monoisotopic (exact) mass is 348 g/mol. The quantitative estimate of drug-likeness (QED) is 0.763. The van der Waals surface area contributed by atoms with Crippen LogP contribution < -0.4 is 0 Å². The topological polar surface area (TPSA) is 74.6 Å². The van der Waals surface area contributed by atoms with Gasteiger partial charge in [0.05, 0.1) is 11.8 Å². The summed E-state index contributed by atoms with van der Waals surface area (Å²) in [6.45, 7) is 15.6. The van der Waals surface area contributed by atoms with Crippen LogP contribution in [0.4, 0.5) is 0 Å². The molecule has 0 fully saturated rings. The molecule has 0 aliphatic heterocycles. The Hall–Kier alpha value is -1.84. The lowest BCUT2D eigenvalue weighted by molar-refractivity contribution is -0.141. The molecule has 0 spiro atoms. The summed E-state index contributed by atoms with van der Waals surface area (Å²) in [7, 11) is 0. The van der Waals surface area contributed by atoms with Gasteiger partial charge in [0.15, 0.2) is 0 Å². The fraction of sp³-hybridized carbons (Fsp3) is 0.619. The van der Waals surface area contributed by atoms with E-state index >= 15 is 0 Å². The number of hydrogen-bond acceptors (Lipinski definition) is 2. The second-order valence-electron chi connectivity index (χ2n) is 8.67. The molecular weight excluding hydrogens is 316 g/mol. The average molecular weight is 348 g/mol. The SMILES string of the molecule is Cc1cc(C(C)(C)C)cc(C(C(=O)O)C(C)C)c1C(C(=O)O)C(C)C. The summed E-state index contributed by atoms with van der Waals surface area (Å²) in [5.74, 6) is -3.52. The van der Waals surface area contributed by atoms with Crippen LogP contribution in [0.15, 0.2) is 12.1 Å². The van der Waals surface area contributed by atoms with Gasteiger partial charge in [0.25, 0.3) is 0 Å². The van der Waals surface area contributed by atoms with E-state index in [1.54, 1.807) is 0 Å². The van der Waals surface area contributed by atoms with E-state index in [9.17, 15) is 19.8 Å². The van der Waals surface area contributed by atoms with Gasteiger partial charge in [-0.15, -0.1) is 0 Å². The van der Waals surface area contributed by atoms with Crippen molar-refractivity contribution >= 4 is 11.9 Å². The number of carbonyl (C=O) groups is 2. The minimum absolute atomic E-state index is 0.128. The number of aliphatic carboxylic acids is 2. The minimum Gasteiger partial charge on any atom is -0.481 e. The Morgan fingerprint density at radius 2 is 1.32 bits per heavy atom. The van der Waals surface area contributed by atoms with Crippen LogP contribution in [-0.4, -0.2) is 22.2 Å². The van der Waals surface area contributed by atoms with E-state index in [1.807, 2.05) is 46.8 Å². The molecular formula is C21H32O4. The molecule has 4 heteroatoms.